The minimum atomic E-state index is -0.827. The molecule has 1 aliphatic rings. The summed E-state index contributed by atoms with van der Waals surface area (Å²) in [5.74, 6) is -0.905. The van der Waals surface area contributed by atoms with Crippen LogP contribution in [0.4, 0.5) is 0 Å². The maximum absolute atomic E-state index is 12.0. The summed E-state index contributed by atoms with van der Waals surface area (Å²) in [6, 6.07) is 3.92. The Hall–Kier alpha value is -1.36. The minimum Gasteiger partial charge on any atom is -0.481 e. The van der Waals surface area contributed by atoms with Crippen LogP contribution >= 0.6 is 11.3 Å². The van der Waals surface area contributed by atoms with E-state index in [-0.39, 0.29) is 12.3 Å². The summed E-state index contributed by atoms with van der Waals surface area (Å²) < 4.78 is 0. The van der Waals surface area contributed by atoms with Gasteiger partial charge in [0.2, 0.25) is 5.91 Å². The number of carboxylic acid groups (broad SMARTS) is 1. The van der Waals surface area contributed by atoms with Crippen molar-refractivity contribution in [1.82, 2.24) is 4.90 Å². The molecule has 0 saturated heterocycles. The van der Waals surface area contributed by atoms with E-state index < -0.39 is 11.4 Å². The normalized spacial score (nSPS) is 16.9. The van der Waals surface area contributed by atoms with Gasteiger partial charge in [0, 0.05) is 18.3 Å². The highest BCUT2D eigenvalue weighted by atomic mass is 32.1. The van der Waals surface area contributed by atoms with Crippen molar-refractivity contribution in [2.24, 2.45) is 5.41 Å². The molecular formula is C13H17NO3S. The molecule has 1 heterocycles. The molecule has 0 bridgehead atoms. The summed E-state index contributed by atoms with van der Waals surface area (Å²) in [5, 5.41) is 11.2. The van der Waals surface area contributed by atoms with Crippen LogP contribution in [0.2, 0.25) is 0 Å². The Morgan fingerprint density at radius 1 is 1.50 bits per heavy atom. The molecule has 1 saturated carbocycles. The zero-order chi connectivity index (χ0) is 13.2. The third-order valence-electron chi connectivity index (χ3n) is 3.65. The van der Waals surface area contributed by atoms with Crippen LogP contribution in [0.3, 0.4) is 0 Å². The Balaban J connectivity index is 1.93. The molecule has 98 valence electrons. The molecule has 2 rings (SSSR count). The highest BCUT2D eigenvalue weighted by Gasteiger charge is 2.46. The van der Waals surface area contributed by atoms with Gasteiger partial charge in [-0.25, -0.2) is 0 Å². The third-order valence-corrected chi connectivity index (χ3v) is 4.51. The Morgan fingerprint density at radius 3 is 2.67 bits per heavy atom. The molecule has 0 unspecified atom stereocenters. The van der Waals surface area contributed by atoms with Crippen molar-refractivity contribution in [2.45, 2.75) is 32.2 Å². The Kier molecular flexibility index (Phi) is 3.71. The number of rotatable bonds is 5. The SMILES string of the molecule is CN(Cc1cccs1)C(=O)CC1(C(=O)O)CCC1. The van der Waals surface area contributed by atoms with Gasteiger partial charge in [-0.2, -0.15) is 0 Å². The van der Waals surface area contributed by atoms with E-state index in [0.29, 0.717) is 19.4 Å². The molecule has 0 aliphatic heterocycles. The number of carbonyl (C=O) groups excluding carboxylic acids is 1. The van der Waals surface area contributed by atoms with E-state index in [1.165, 1.54) is 0 Å². The molecule has 1 aliphatic carbocycles. The van der Waals surface area contributed by atoms with Crippen molar-refractivity contribution in [3.8, 4) is 0 Å². The highest BCUT2D eigenvalue weighted by molar-refractivity contribution is 7.09. The van der Waals surface area contributed by atoms with Crippen molar-refractivity contribution >= 4 is 23.2 Å². The zero-order valence-corrected chi connectivity index (χ0v) is 11.2. The largest absolute Gasteiger partial charge is 0.481 e. The molecule has 0 radical (unpaired) electrons. The molecular weight excluding hydrogens is 250 g/mol. The molecule has 18 heavy (non-hydrogen) atoms. The average Bonchev–Trinajstić information content (AvgIpc) is 2.75. The van der Waals surface area contributed by atoms with Gasteiger partial charge in [-0.05, 0) is 24.3 Å². The van der Waals surface area contributed by atoms with Gasteiger partial charge < -0.3 is 10.0 Å². The topological polar surface area (TPSA) is 57.6 Å². The standard InChI is InChI=1S/C13H17NO3S/c1-14(9-10-4-2-7-18-10)11(15)8-13(12(16)17)5-3-6-13/h2,4,7H,3,5-6,8-9H2,1H3,(H,16,17). The monoisotopic (exact) mass is 267 g/mol. The summed E-state index contributed by atoms with van der Waals surface area (Å²) in [6.45, 7) is 0.562. The number of carbonyl (C=O) groups is 2. The molecule has 0 aromatic carbocycles. The third kappa shape index (κ3) is 2.56. The van der Waals surface area contributed by atoms with Crippen LogP contribution in [0.5, 0.6) is 0 Å². The quantitative estimate of drug-likeness (QED) is 0.891. The fourth-order valence-corrected chi connectivity index (χ4v) is 2.98. The van der Waals surface area contributed by atoms with E-state index in [2.05, 4.69) is 0 Å². The van der Waals surface area contributed by atoms with Crippen molar-refractivity contribution < 1.29 is 14.7 Å². The van der Waals surface area contributed by atoms with Gasteiger partial charge in [0.15, 0.2) is 0 Å². The predicted molar refractivity (Wildman–Crippen MR) is 69.3 cm³/mol. The smallest absolute Gasteiger partial charge is 0.310 e. The number of aliphatic carboxylic acids is 1. The Morgan fingerprint density at radius 2 is 2.22 bits per heavy atom. The summed E-state index contributed by atoms with van der Waals surface area (Å²) in [4.78, 5) is 26.0. The molecule has 0 spiro atoms. The second kappa shape index (κ2) is 5.10. The number of amides is 1. The van der Waals surface area contributed by atoms with E-state index in [4.69, 9.17) is 0 Å². The number of carboxylic acids is 1. The molecule has 4 nitrogen and oxygen atoms in total. The van der Waals surface area contributed by atoms with Crippen LogP contribution < -0.4 is 0 Å². The van der Waals surface area contributed by atoms with Gasteiger partial charge in [0.1, 0.15) is 0 Å². The van der Waals surface area contributed by atoms with Crippen molar-refractivity contribution in [3.63, 3.8) is 0 Å². The number of hydrogen-bond acceptors (Lipinski definition) is 3. The first-order chi connectivity index (χ1) is 8.53. The van der Waals surface area contributed by atoms with E-state index >= 15 is 0 Å². The van der Waals surface area contributed by atoms with Crippen molar-refractivity contribution in [1.29, 1.82) is 0 Å². The van der Waals surface area contributed by atoms with Crippen LogP contribution in [0.1, 0.15) is 30.6 Å². The molecule has 1 aromatic heterocycles. The van der Waals surface area contributed by atoms with Crippen LogP contribution in [-0.4, -0.2) is 28.9 Å². The van der Waals surface area contributed by atoms with Crippen LogP contribution in [-0.2, 0) is 16.1 Å². The summed E-state index contributed by atoms with van der Waals surface area (Å²) >= 11 is 1.60. The lowest BCUT2D eigenvalue weighted by Gasteiger charge is -2.37. The first kappa shape index (κ1) is 13.1. The maximum atomic E-state index is 12.0. The molecule has 1 N–H and O–H groups in total. The lowest BCUT2D eigenvalue weighted by Crippen LogP contribution is -2.42. The molecule has 0 atom stereocenters. The van der Waals surface area contributed by atoms with Gasteiger partial charge in [0.25, 0.3) is 0 Å². The van der Waals surface area contributed by atoms with E-state index in [1.807, 2.05) is 17.5 Å². The number of hydrogen-bond donors (Lipinski definition) is 1. The maximum Gasteiger partial charge on any atom is 0.310 e. The number of nitrogens with zero attached hydrogens (tertiary/aromatic N) is 1. The van der Waals surface area contributed by atoms with E-state index in [9.17, 15) is 14.7 Å². The van der Waals surface area contributed by atoms with Crippen molar-refractivity contribution in [3.05, 3.63) is 22.4 Å². The molecule has 5 heteroatoms. The second-order valence-electron chi connectivity index (χ2n) is 4.94. The highest BCUT2D eigenvalue weighted by Crippen LogP contribution is 2.44. The van der Waals surface area contributed by atoms with Crippen LogP contribution in [0.15, 0.2) is 17.5 Å². The van der Waals surface area contributed by atoms with Crippen molar-refractivity contribution in [2.75, 3.05) is 7.05 Å². The molecule has 1 aromatic rings. The van der Waals surface area contributed by atoms with Gasteiger partial charge >= 0.3 is 5.97 Å². The lowest BCUT2D eigenvalue weighted by atomic mass is 9.66. The summed E-state index contributed by atoms with van der Waals surface area (Å²) in [6.07, 6.45) is 2.29. The fourth-order valence-electron chi connectivity index (χ4n) is 2.22. The summed E-state index contributed by atoms with van der Waals surface area (Å²) in [5.41, 5.74) is -0.791. The summed E-state index contributed by atoms with van der Waals surface area (Å²) in [7, 11) is 1.73. The van der Waals surface area contributed by atoms with E-state index in [0.717, 1.165) is 11.3 Å². The van der Waals surface area contributed by atoms with Crippen LogP contribution in [0, 0.1) is 5.41 Å². The van der Waals surface area contributed by atoms with Gasteiger partial charge in [-0.3, -0.25) is 9.59 Å². The first-order valence-electron chi connectivity index (χ1n) is 6.03. The zero-order valence-electron chi connectivity index (χ0n) is 10.4. The second-order valence-corrected chi connectivity index (χ2v) is 5.98. The first-order valence-corrected chi connectivity index (χ1v) is 6.91. The minimum absolute atomic E-state index is 0.0782. The van der Waals surface area contributed by atoms with E-state index in [1.54, 1.807) is 23.3 Å². The molecule has 1 amide bonds. The van der Waals surface area contributed by atoms with Gasteiger partial charge in [-0.15, -0.1) is 11.3 Å². The van der Waals surface area contributed by atoms with Gasteiger partial charge in [0.05, 0.1) is 12.0 Å². The number of thiophene rings is 1. The molecule has 1 fully saturated rings. The average molecular weight is 267 g/mol. The fraction of sp³-hybridized carbons (Fsp3) is 0.538. The van der Waals surface area contributed by atoms with Gasteiger partial charge in [-0.1, -0.05) is 12.5 Å². The Bertz CT molecular complexity index is 437. The Labute approximate surface area is 110 Å². The predicted octanol–water partition coefficient (Wildman–Crippen LogP) is 2.35. The lowest BCUT2D eigenvalue weighted by molar-refractivity contribution is -0.159. The van der Waals surface area contributed by atoms with Crippen LogP contribution in [0.25, 0.3) is 0 Å².